The highest BCUT2D eigenvalue weighted by molar-refractivity contribution is 7.19. The van der Waals surface area contributed by atoms with Crippen LogP contribution in [0.5, 0.6) is 0 Å². The fourth-order valence-corrected chi connectivity index (χ4v) is 2.68. The standard InChI is InChI=1S/C10H7ClF2S/c1-5-2-6-4-8(10(12)13)14-9(6)7(11)3-5/h2-4,10H,1H3. The lowest BCUT2D eigenvalue weighted by atomic mass is 10.2. The molecule has 0 bridgehead atoms. The molecule has 0 saturated heterocycles. The van der Waals surface area contributed by atoms with Gasteiger partial charge in [0, 0.05) is 0 Å². The van der Waals surface area contributed by atoms with Crippen molar-refractivity contribution < 1.29 is 8.78 Å². The number of fused-ring (bicyclic) bond motifs is 1. The maximum absolute atomic E-state index is 12.4. The lowest BCUT2D eigenvalue weighted by Crippen LogP contribution is -1.73. The van der Waals surface area contributed by atoms with E-state index in [1.807, 2.05) is 13.0 Å². The van der Waals surface area contributed by atoms with Gasteiger partial charge in [-0.15, -0.1) is 11.3 Å². The van der Waals surface area contributed by atoms with E-state index in [9.17, 15) is 8.78 Å². The van der Waals surface area contributed by atoms with Gasteiger partial charge in [-0.2, -0.15) is 0 Å². The summed E-state index contributed by atoms with van der Waals surface area (Å²) < 4.78 is 25.6. The zero-order valence-electron chi connectivity index (χ0n) is 7.35. The zero-order valence-corrected chi connectivity index (χ0v) is 8.92. The van der Waals surface area contributed by atoms with Crippen LogP contribution in [-0.2, 0) is 0 Å². The van der Waals surface area contributed by atoms with Gasteiger partial charge in [0.2, 0.25) is 0 Å². The molecule has 0 fully saturated rings. The Labute approximate surface area is 89.1 Å². The molecule has 0 nitrogen and oxygen atoms in total. The zero-order chi connectivity index (χ0) is 10.3. The van der Waals surface area contributed by atoms with Gasteiger partial charge < -0.3 is 0 Å². The van der Waals surface area contributed by atoms with Crippen LogP contribution in [0.3, 0.4) is 0 Å². The number of halogens is 3. The van der Waals surface area contributed by atoms with Gasteiger partial charge in [0.1, 0.15) is 0 Å². The third kappa shape index (κ3) is 1.62. The second kappa shape index (κ2) is 3.48. The van der Waals surface area contributed by atoms with E-state index in [1.54, 1.807) is 6.07 Å². The third-order valence-electron chi connectivity index (χ3n) is 1.95. The first-order valence-corrected chi connectivity index (χ1v) is 5.25. The number of hydrogen-bond donors (Lipinski definition) is 0. The Kier molecular flexibility index (Phi) is 2.45. The minimum atomic E-state index is -2.41. The normalized spacial score (nSPS) is 11.5. The molecule has 14 heavy (non-hydrogen) atoms. The summed E-state index contributed by atoms with van der Waals surface area (Å²) in [4.78, 5) is 0.0764. The van der Waals surface area contributed by atoms with Gasteiger partial charge in [-0.3, -0.25) is 0 Å². The summed E-state index contributed by atoms with van der Waals surface area (Å²) >= 11 is 7.00. The minimum absolute atomic E-state index is 0.0764. The molecule has 0 aliphatic carbocycles. The largest absolute Gasteiger partial charge is 0.272 e. The summed E-state index contributed by atoms with van der Waals surface area (Å²) in [6.45, 7) is 1.89. The van der Waals surface area contributed by atoms with Crippen LogP contribution in [-0.4, -0.2) is 0 Å². The van der Waals surface area contributed by atoms with Crippen molar-refractivity contribution in [2.75, 3.05) is 0 Å². The Morgan fingerprint density at radius 3 is 2.64 bits per heavy atom. The molecule has 0 aliphatic rings. The molecule has 74 valence electrons. The van der Waals surface area contributed by atoms with E-state index in [1.165, 1.54) is 6.07 Å². The number of hydrogen-bond acceptors (Lipinski definition) is 1. The molecule has 0 amide bonds. The molecule has 2 rings (SSSR count). The summed E-state index contributed by atoms with van der Waals surface area (Å²) in [5.41, 5.74) is 0.987. The highest BCUT2D eigenvalue weighted by Crippen LogP contribution is 2.36. The summed E-state index contributed by atoms with van der Waals surface area (Å²) in [7, 11) is 0. The first kappa shape index (κ1) is 9.87. The van der Waals surface area contributed by atoms with Gasteiger partial charge in [-0.05, 0) is 30.0 Å². The Morgan fingerprint density at radius 2 is 2.00 bits per heavy atom. The molecule has 0 atom stereocenters. The highest BCUT2D eigenvalue weighted by atomic mass is 35.5. The summed E-state index contributed by atoms with van der Waals surface area (Å²) in [5, 5.41) is 1.35. The van der Waals surface area contributed by atoms with Crippen molar-refractivity contribution in [2.24, 2.45) is 0 Å². The smallest absolute Gasteiger partial charge is 0.204 e. The quantitative estimate of drug-likeness (QED) is 0.663. The van der Waals surface area contributed by atoms with Gasteiger partial charge >= 0.3 is 0 Å². The SMILES string of the molecule is Cc1cc(Cl)c2sc(C(F)F)cc2c1. The van der Waals surface area contributed by atoms with E-state index >= 15 is 0 Å². The van der Waals surface area contributed by atoms with Crippen LogP contribution < -0.4 is 0 Å². The molecule has 0 spiro atoms. The molecular formula is C10H7ClF2S. The average Bonchev–Trinajstić information content (AvgIpc) is 2.47. The third-order valence-corrected chi connectivity index (χ3v) is 3.55. The topological polar surface area (TPSA) is 0 Å². The van der Waals surface area contributed by atoms with Crippen molar-refractivity contribution in [3.8, 4) is 0 Å². The van der Waals surface area contributed by atoms with Crippen LogP contribution in [0, 0.1) is 6.92 Å². The van der Waals surface area contributed by atoms with Gasteiger partial charge in [-0.25, -0.2) is 8.78 Å². The summed E-state index contributed by atoms with van der Waals surface area (Å²) in [5.74, 6) is 0. The van der Waals surface area contributed by atoms with Crippen LogP contribution in [0.1, 0.15) is 16.9 Å². The van der Waals surface area contributed by atoms with Crippen molar-refractivity contribution in [2.45, 2.75) is 13.3 Å². The Balaban J connectivity index is 2.70. The van der Waals surface area contributed by atoms with E-state index in [0.29, 0.717) is 5.02 Å². The number of aryl methyl sites for hydroxylation is 1. The molecule has 0 saturated carbocycles. The Hall–Kier alpha value is -0.670. The summed E-state index contributed by atoms with van der Waals surface area (Å²) in [6.07, 6.45) is -2.41. The van der Waals surface area contributed by atoms with Gasteiger partial charge in [0.15, 0.2) is 0 Å². The molecule has 0 radical (unpaired) electrons. The van der Waals surface area contributed by atoms with E-state index in [0.717, 1.165) is 27.0 Å². The fraction of sp³-hybridized carbons (Fsp3) is 0.200. The maximum atomic E-state index is 12.4. The number of thiophene rings is 1. The van der Waals surface area contributed by atoms with Crippen LogP contribution >= 0.6 is 22.9 Å². The Bertz CT molecular complexity index is 476. The second-order valence-corrected chi connectivity index (χ2v) is 4.61. The predicted molar refractivity (Wildman–Crippen MR) is 56.5 cm³/mol. The van der Waals surface area contributed by atoms with E-state index in [2.05, 4.69) is 0 Å². The molecule has 0 N–H and O–H groups in total. The van der Waals surface area contributed by atoms with Crippen molar-refractivity contribution in [3.63, 3.8) is 0 Å². The predicted octanol–water partition coefficient (Wildman–Crippen LogP) is 4.80. The lowest BCUT2D eigenvalue weighted by Gasteiger charge is -1.95. The highest BCUT2D eigenvalue weighted by Gasteiger charge is 2.13. The van der Waals surface area contributed by atoms with E-state index in [4.69, 9.17) is 11.6 Å². The van der Waals surface area contributed by atoms with Crippen molar-refractivity contribution in [3.05, 3.63) is 33.7 Å². The van der Waals surface area contributed by atoms with Crippen LogP contribution in [0.2, 0.25) is 5.02 Å². The fourth-order valence-electron chi connectivity index (χ4n) is 1.38. The number of benzene rings is 1. The molecular weight excluding hydrogens is 226 g/mol. The van der Waals surface area contributed by atoms with Gasteiger partial charge in [0.25, 0.3) is 6.43 Å². The maximum Gasteiger partial charge on any atom is 0.272 e. The van der Waals surface area contributed by atoms with Crippen LogP contribution in [0.25, 0.3) is 10.1 Å². The second-order valence-electron chi connectivity index (χ2n) is 3.11. The molecule has 2 aromatic rings. The molecule has 4 heteroatoms. The van der Waals surface area contributed by atoms with Crippen LogP contribution in [0.15, 0.2) is 18.2 Å². The molecule has 1 aromatic carbocycles. The molecule has 0 aliphatic heterocycles. The average molecular weight is 233 g/mol. The van der Waals surface area contributed by atoms with Gasteiger partial charge in [0.05, 0.1) is 14.6 Å². The first-order valence-electron chi connectivity index (χ1n) is 4.05. The number of alkyl halides is 2. The van der Waals surface area contributed by atoms with Crippen molar-refractivity contribution in [1.29, 1.82) is 0 Å². The van der Waals surface area contributed by atoms with Crippen LogP contribution in [0.4, 0.5) is 8.78 Å². The lowest BCUT2D eigenvalue weighted by molar-refractivity contribution is 0.156. The molecule has 0 unspecified atom stereocenters. The monoisotopic (exact) mass is 232 g/mol. The molecule has 1 heterocycles. The number of rotatable bonds is 1. The van der Waals surface area contributed by atoms with E-state index in [-0.39, 0.29) is 4.88 Å². The van der Waals surface area contributed by atoms with Gasteiger partial charge in [-0.1, -0.05) is 17.7 Å². The Morgan fingerprint density at radius 1 is 1.29 bits per heavy atom. The first-order chi connectivity index (χ1) is 6.58. The van der Waals surface area contributed by atoms with E-state index < -0.39 is 6.43 Å². The van der Waals surface area contributed by atoms with Crippen molar-refractivity contribution in [1.82, 2.24) is 0 Å². The summed E-state index contributed by atoms with van der Waals surface area (Å²) in [6, 6.07) is 5.16. The minimum Gasteiger partial charge on any atom is -0.204 e. The molecule has 1 aromatic heterocycles. The van der Waals surface area contributed by atoms with Crippen molar-refractivity contribution >= 4 is 33.0 Å².